The minimum absolute atomic E-state index is 0.0709. The van der Waals surface area contributed by atoms with E-state index < -0.39 is 0 Å². The molecule has 0 atom stereocenters. The standard InChI is InChI=1S/C10H9ClN2OS/c1-13-6-7(5-12-13)9(14)4-8-2-3-10(11)15-8/h2-3,5-6H,4H2,1H3. The number of carbonyl (C=O) groups excluding carboxylic acids is 1. The molecule has 0 N–H and O–H groups in total. The van der Waals surface area contributed by atoms with Crippen molar-refractivity contribution in [3.8, 4) is 0 Å². The normalized spacial score (nSPS) is 10.5. The molecule has 78 valence electrons. The summed E-state index contributed by atoms with van der Waals surface area (Å²) in [6.45, 7) is 0. The SMILES string of the molecule is Cn1cc(C(=O)Cc2ccc(Cl)s2)cn1. The van der Waals surface area contributed by atoms with Gasteiger partial charge in [0.1, 0.15) is 0 Å². The van der Waals surface area contributed by atoms with E-state index in [1.54, 1.807) is 30.2 Å². The predicted molar refractivity (Wildman–Crippen MR) is 60.6 cm³/mol. The Morgan fingerprint density at radius 2 is 2.40 bits per heavy atom. The molecule has 0 saturated heterocycles. The first kappa shape index (κ1) is 10.4. The smallest absolute Gasteiger partial charge is 0.171 e. The average molecular weight is 241 g/mol. The van der Waals surface area contributed by atoms with Crippen molar-refractivity contribution in [3.05, 3.63) is 39.3 Å². The van der Waals surface area contributed by atoms with Gasteiger partial charge in [0.15, 0.2) is 5.78 Å². The number of hydrogen-bond donors (Lipinski definition) is 0. The number of aryl methyl sites for hydroxylation is 1. The second-order valence-electron chi connectivity index (χ2n) is 3.21. The van der Waals surface area contributed by atoms with Crippen molar-refractivity contribution in [2.75, 3.05) is 0 Å². The Labute approximate surface area is 96.3 Å². The topological polar surface area (TPSA) is 34.9 Å². The molecule has 0 fully saturated rings. The van der Waals surface area contributed by atoms with Crippen molar-refractivity contribution >= 4 is 28.7 Å². The number of halogens is 1. The molecule has 2 heterocycles. The highest BCUT2D eigenvalue weighted by molar-refractivity contribution is 7.16. The van der Waals surface area contributed by atoms with Crippen molar-refractivity contribution < 1.29 is 4.79 Å². The average Bonchev–Trinajstić information content (AvgIpc) is 2.75. The van der Waals surface area contributed by atoms with Crippen LogP contribution in [0.3, 0.4) is 0 Å². The van der Waals surface area contributed by atoms with Gasteiger partial charge in [-0.1, -0.05) is 11.6 Å². The van der Waals surface area contributed by atoms with E-state index >= 15 is 0 Å². The lowest BCUT2D eigenvalue weighted by Crippen LogP contribution is -2.00. The van der Waals surface area contributed by atoms with Crippen LogP contribution in [0, 0.1) is 0 Å². The third-order valence-corrected chi connectivity index (χ3v) is 3.22. The van der Waals surface area contributed by atoms with Gasteiger partial charge in [0.05, 0.1) is 16.1 Å². The first-order chi connectivity index (χ1) is 7.15. The van der Waals surface area contributed by atoms with Crippen LogP contribution in [-0.2, 0) is 13.5 Å². The molecule has 2 rings (SSSR count). The van der Waals surface area contributed by atoms with Gasteiger partial charge < -0.3 is 0 Å². The second-order valence-corrected chi connectivity index (χ2v) is 5.01. The molecule has 5 heteroatoms. The second kappa shape index (κ2) is 4.16. The first-order valence-corrected chi connectivity index (χ1v) is 5.60. The lowest BCUT2D eigenvalue weighted by Gasteiger charge is -1.93. The summed E-state index contributed by atoms with van der Waals surface area (Å²) < 4.78 is 2.33. The van der Waals surface area contributed by atoms with Gasteiger partial charge in [-0.3, -0.25) is 9.48 Å². The highest BCUT2D eigenvalue weighted by Gasteiger charge is 2.10. The molecule has 15 heavy (non-hydrogen) atoms. The number of ketones is 1. The quantitative estimate of drug-likeness (QED) is 0.773. The minimum atomic E-state index is 0.0709. The highest BCUT2D eigenvalue weighted by atomic mass is 35.5. The summed E-state index contributed by atoms with van der Waals surface area (Å²) >= 11 is 7.22. The van der Waals surface area contributed by atoms with Crippen LogP contribution < -0.4 is 0 Å². The fourth-order valence-electron chi connectivity index (χ4n) is 1.27. The van der Waals surface area contributed by atoms with Crippen LogP contribution in [0.2, 0.25) is 4.34 Å². The van der Waals surface area contributed by atoms with E-state index in [0.717, 1.165) is 4.88 Å². The third kappa shape index (κ3) is 2.46. The molecule has 2 aromatic rings. The number of Topliss-reactive ketones (excluding diaryl/α,β-unsaturated/α-hetero) is 1. The summed E-state index contributed by atoms with van der Waals surface area (Å²) in [7, 11) is 1.79. The summed E-state index contributed by atoms with van der Waals surface area (Å²) in [6.07, 6.45) is 3.69. The molecule has 2 aromatic heterocycles. The van der Waals surface area contributed by atoms with Gasteiger partial charge in [0.25, 0.3) is 0 Å². The summed E-state index contributed by atoms with van der Waals surface area (Å²) in [5.41, 5.74) is 0.641. The van der Waals surface area contributed by atoms with Gasteiger partial charge >= 0.3 is 0 Å². The Kier molecular flexibility index (Phi) is 2.88. The van der Waals surface area contributed by atoms with Crippen molar-refractivity contribution in [2.45, 2.75) is 6.42 Å². The van der Waals surface area contributed by atoms with E-state index in [1.165, 1.54) is 11.3 Å². The van der Waals surface area contributed by atoms with Crippen LogP contribution in [-0.4, -0.2) is 15.6 Å². The van der Waals surface area contributed by atoms with E-state index in [4.69, 9.17) is 11.6 Å². The van der Waals surface area contributed by atoms with Gasteiger partial charge in [-0.15, -0.1) is 11.3 Å². The number of rotatable bonds is 3. The largest absolute Gasteiger partial charge is 0.294 e. The molecule has 0 amide bonds. The third-order valence-electron chi connectivity index (χ3n) is 1.99. The van der Waals surface area contributed by atoms with Crippen LogP contribution in [0.5, 0.6) is 0 Å². The van der Waals surface area contributed by atoms with Crippen molar-refractivity contribution in [1.29, 1.82) is 0 Å². The molecular formula is C10H9ClN2OS. The Balaban J connectivity index is 2.10. The van der Waals surface area contributed by atoms with E-state index in [1.807, 2.05) is 6.07 Å². The van der Waals surface area contributed by atoms with Crippen molar-refractivity contribution in [1.82, 2.24) is 9.78 Å². The minimum Gasteiger partial charge on any atom is -0.294 e. The highest BCUT2D eigenvalue weighted by Crippen LogP contribution is 2.22. The van der Waals surface area contributed by atoms with Crippen LogP contribution in [0.1, 0.15) is 15.2 Å². The Bertz CT molecular complexity index is 489. The van der Waals surface area contributed by atoms with Gasteiger partial charge in [-0.2, -0.15) is 5.10 Å². The van der Waals surface area contributed by atoms with Crippen LogP contribution in [0.15, 0.2) is 24.5 Å². The van der Waals surface area contributed by atoms with Gasteiger partial charge in [0, 0.05) is 24.5 Å². The maximum atomic E-state index is 11.7. The molecule has 0 aliphatic rings. The molecule has 0 bridgehead atoms. The molecule has 0 radical (unpaired) electrons. The molecule has 0 spiro atoms. The van der Waals surface area contributed by atoms with E-state index in [2.05, 4.69) is 5.10 Å². The van der Waals surface area contributed by atoms with E-state index in [-0.39, 0.29) is 5.78 Å². The first-order valence-electron chi connectivity index (χ1n) is 4.41. The van der Waals surface area contributed by atoms with Gasteiger partial charge in [-0.05, 0) is 12.1 Å². The van der Waals surface area contributed by atoms with E-state index in [0.29, 0.717) is 16.3 Å². The maximum absolute atomic E-state index is 11.7. The van der Waals surface area contributed by atoms with Gasteiger partial charge in [0.2, 0.25) is 0 Å². The fraction of sp³-hybridized carbons (Fsp3) is 0.200. The van der Waals surface area contributed by atoms with Crippen molar-refractivity contribution in [3.63, 3.8) is 0 Å². The molecule has 3 nitrogen and oxygen atoms in total. The molecule has 0 aliphatic carbocycles. The zero-order valence-corrected chi connectivity index (χ0v) is 9.68. The summed E-state index contributed by atoms with van der Waals surface area (Å²) in [6, 6.07) is 3.68. The zero-order valence-electron chi connectivity index (χ0n) is 8.11. The Morgan fingerprint density at radius 3 is 2.93 bits per heavy atom. The molecule has 0 aliphatic heterocycles. The summed E-state index contributed by atoms with van der Waals surface area (Å²) in [5, 5.41) is 3.96. The van der Waals surface area contributed by atoms with Gasteiger partial charge in [-0.25, -0.2) is 0 Å². The predicted octanol–water partition coefficient (Wildman–Crippen LogP) is 2.56. The maximum Gasteiger partial charge on any atom is 0.171 e. The number of aromatic nitrogens is 2. The number of nitrogens with zero attached hydrogens (tertiary/aromatic N) is 2. The molecule has 0 aromatic carbocycles. The van der Waals surface area contributed by atoms with Crippen LogP contribution in [0.25, 0.3) is 0 Å². The Morgan fingerprint density at radius 1 is 1.60 bits per heavy atom. The number of carbonyl (C=O) groups is 1. The molecule has 0 unspecified atom stereocenters. The van der Waals surface area contributed by atoms with Crippen LogP contribution in [0.4, 0.5) is 0 Å². The van der Waals surface area contributed by atoms with E-state index in [9.17, 15) is 4.79 Å². The molecule has 0 saturated carbocycles. The lowest BCUT2D eigenvalue weighted by molar-refractivity contribution is 0.0994. The monoisotopic (exact) mass is 240 g/mol. The van der Waals surface area contributed by atoms with Crippen molar-refractivity contribution in [2.24, 2.45) is 7.05 Å². The number of hydrogen-bond acceptors (Lipinski definition) is 3. The van der Waals surface area contributed by atoms with Crippen LogP contribution >= 0.6 is 22.9 Å². The summed E-state index contributed by atoms with van der Waals surface area (Å²) in [5.74, 6) is 0.0709. The Hall–Kier alpha value is -1.13. The fourth-order valence-corrected chi connectivity index (χ4v) is 2.36. The molecular weight excluding hydrogens is 232 g/mol. The lowest BCUT2D eigenvalue weighted by atomic mass is 10.1. The zero-order chi connectivity index (χ0) is 10.8. The number of thiophene rings is 1. The summed E-state index contributed by atoms with van der Waals surface area (Å²) in [4.78, 5) is 12.7.